The average molecular weight is 588 g/mol. The summed E-state index contributed by atoms with van der Waals surface area (Å²) in [4.78, 5) is 29.5. The number of hydrogen-bond donors (Lipinski definition) is 2. The molecule has 1 heterocycles. The minimum atomic E-state index is -0.597. The molecule has 0 unspecified atom stereocenters. The third-order valence-corrected chi connectivity index (χ3v) is 7.26. The van der Waals surface area contributed by atoms with E-state index in [1.807, 2.05) is 67.6 Å². The zero-order chi connectivity index (χ0) is 29.8. The second-order valence-corrected chi connectivity index (χ2v) is 10.1. The molecule has 6 aromatic rings. The minimum Gasteiger partial charge on any atom is -0.490 e. The van der Waals surface area contributed by atoms with Crippen molar-refractivity contribution in [3.8, 4) is 22.6 Å². The number of carbonyl (C=O) groups is 2. The molecule has 6 rings (SSSR count). The molecule has 5 aromatic carbocycles. The molecule has 0 saturated carbocycles. The zero-order valence-corrected chi connectivity index (χ0v) is 23.9. The van der Waals surface area contributed by atoms with Gasteiger partial charge >= 0.3 is 5.97 Å². The van der Waals surface area contributed by atoms with Gasteiger partial charge in [-0.15, -0.1) is 0 Å². The average Bonchev–Trinajstić information content (AvgIpc) is 3.43. The van der Waals surface area contributed by atoms with Gasteiger partial charge in [0.15, 0.2) is 11.5 Å². The summed E-state index contributed by atoms with van der Waals surface area (Å²) < 4.78 is 11.3. The van der Waals surface area contributed by atoms with E-state index in [0.29, 0.717) is 28.6 Å². The Labute approximate surface area is 252 Å². The van der Waals surface area contributed by atoms with Crippen molar-refractivity contribution in [1.29, 1.82) is 0 Å². The number of hydrazone groups is 1. The molecule has 0 aliphatic rings. The van der Waals surface area contributed by atoms with Crippen molar-refractivity contribution in [2.75, 3.05) is 6.61 Å². The fraction of sp³-hybridized carbons (Fsp3) is 0.0571. The Hall–Kier alpha value is -5.40. The van der Waals surface area contributed by atoms with Crippen LogP contribution in [0.5, 0.6) is 11.5 Å². The summed E-state index contributed by atoms with van der Waals surface area (Å²) in [6, 6.07) is 33.6. The maximum absolute atomic E-state index is 13.5. The van der Waals surface area contributed by atoms with Crippen molar-refractivity contribution in [3.05, 3.63) is 131 Å². The molecule has 0 saturated heterocycles. The van der Waals surface area contributed by atoms with Crippen LogP contribution in [0.25, 0.3) is 32.8 Å². The summed E-state index contributed by atoms with van der Waals surface area (Å²) in [7, 11) is 0. The number of H-pyrrole nitrogens is 1. The van der Waals surface area contributed by atoms with Crippen molar-refractivity contribution in [2.24, 2.45) is 5.10 Å². The van der Waals surface area contributed by atoms with Gasteiger partial charge in [0, 0.05) is 16.3 Å². The third-order valence-electron chi connectivity index (χ3n) is 6.93. The highest BCUT2D eigenvalue weighted by Crippen LogP contribution is 2.36. The Morgan fingerprint density at radius 3 is 2.44 bits per heavy atom. The molecule has 2 N–H and O–H groups in total. The summed E-state index contributed by atoms with van der Waals surface area (Å²) in [5.41, 5.74) is 6.55. The van der Waals surface area contributed by atoms with Crippen molar-refractivity contribution in [1.82, 2.24) is 10.4 Å². The fourth-order valence-electron chi connectivity index (χ4n) is 4.97. The molecule has 0 bridgehead atoms. The molecule has 0 fully saturated rings. The van der Waals surface area contributed by atoms with E-state index in [1.54, 1.807) is 42.5 Å². The lowest BCUT2D eigenvalue weighted by Crippen LogP contribution is -2.18. The van der Waals surface area contributed by atoms with E-state index in [9.17, 15) is 9.59 Å². The number of carbonyl (C=O) groups excluding carboxylic acids is 2. The molecule has 0 radical (unpaired) electrons. The first-order chi connectivity index (χ1) is 21.0. The quantitative estimate of drug-likeness (QED) is 0.0816. The molecule has 8 heteroatoms. The van der Waals surface area contributed by atoms with Crippen LogP contribution in [0.15, 0.2) is 114 Å². The van der Waals surface area contributed by atoms with E-state index in [1.165, 1.54) is 6.21 Å². The van der Waals surface area contributed by atoms with Crippen LogP contribution in [0.1, 0.15) is 33.3 Å². The lowest BCUT2D eigenvalue weighted by Gasteiger charge is -2.12. The van der Waals surface area contributed by atoms with Gasteiger partial charge in [-0.25, -0.2) is 10.2 Å². The van der Waals surface area contributed by atoms with E-state index in [0.717, 1.165) is 32.8 Å². The second-order valence-electron chi connectivity index (χ2n) is 9.66. The molecule has 1 amide bonds. The van der Waals surface area contributed by atoms with E-state index in [-0.39, 0.29) is 17.2 Å². The van der Waals surface area contributed by atoms with Crippen LogP contribution >= 0.6 is 11.6 Å². The number of fused-ring (bicyclic) bond motifs is 3. The summed E-state index contributed by atoms with van der Waals surface area (Å²) >= 11 is 6.15. The largest absolute Gasteiger partial charge is 0.490 e. The lowest BCUT2D eigenvalue weighted by atomic mass is 9.99. The zero-order valence-electron chi connectivity index (χ0n) is 23.1. The summed E-state index contributed by atoms with van der Waals surface area (Å²) in [6.45, 7) is 2.18. The standard InChI is InChI=1S/C35H26ClN3O4/c1-2-42-30-20-22(16-19-29(30)43-35(41)26-14-8-9-15-28(26)36)21-37-39-34(40)33-31(24-11-4-3-5-12-24)27-18-17-23-10-6-7-13-25(23)32(27)38-33/h3-21,38H,2H2,1H3,(H,39,40). The first-order valence-electron chi connectivity index (χ1n) is 13.7. The van der Waals surface area contributed by atoms with Crippen LogP contribution in [-0.4, -0.2) is 29.7 Å². The lowest BCUT2D eigenvalue weighted by molar-refractivity contribution is 0.0728. The van der Waals surface area contributed by atoms with E-state index < -0.39 is 5.97 Å². The summed E-state index contributed by atoms with van der Waals surface area (Å²) in [6.07, 6.45) is 1.50. The predicted molar refractivity (Wildman–Crippen MR) is 170 cm³/mol. The number of aromatic amines is 1. The van der Waals surface area contributed by atoms with Crippen molar-refractivity contribution in [2.45, 2.75) is 6.92 Å². The van der Waals surface area contributed by atoms with E-state index in [4.69, 9.17) is 21.1 Å². The maximum Gasteiger partial charge on any atom is 0.345 e. The molecular weight excluding hydrogens is 562 g/mol. The number of nitrogens with zero attached hydrogens (tertiary/aromatic N) is 1. The highest BCUT2D eigenvalue weighted by Gasteiger charge is 2.20. The molecule has 1 aromatic heterocycles. The Morgan fingerprint density at radius 1 is 0.860 bits per heavy atom. The SMILES string of the molecule is CCOc1cc(C=NNC(=O)c2[nH]c3c(ccc4ccccc43)c2-c2ccccc2)ccc1OC(=O)c1ccccc1Cl. The molecule has 43 heavy (non-hydrogen) atoms. The Kier molecular flexibility index (Phi) is 7.89. The third kappa shape index (κ3) is 5.71. The van der Waals surface area contributed by atoms with Crippen LogP contribution in [0.2, 0.25) is 5.02 Å². The van der Waals surface area contributed by atoms with Gasteiger partial charge in [0.25, 0.3) is 5.91 Å². The monoisotopic (exact) mass is 587 g/mol. The van der Waals surface area contributed by atoms with E-state index in [2.05, 4.69) is 21.6 Å². The topological polar surface area (TPSA) is 92.8 Å². The maximum atomic E-state index is 13.5. The minimum absolute atomic E-state index is 0.241. The normalized spacial score (nSPS) is 11.2. The predicted octanol–water partition coefficient (Wildman–Crippen LogP) is 8.02. The molecule has 7 nitrogen and oxygen atoms in total. The molecule has 212 valence electrons. The molecular formula is C35H26ClN3O4. The number of amides is 1. The van der Waals surface area contributed by atoms with Gasteiger partial charge in [0.1, 0.15) is 5.69 Å². The number of halogens is 1. The molecule has 0 aliphatic heterocycles. The highest BCUT2D eigenvalue weighted by atomic mass is 35.5. The molecule has 0 aliphatic carbocycles. The Bertz CT molecular complexity index is 2000. The Morgan fingerprint density at radius 2 is 1.63 bits per heavy atom. The number of rotatable bonds is 8. The number of ether oxygens (including phenoxy) is 2. The number of esters is 1. The van der Waals surface area contributed by atoms with Crippen molar-refractivity contribution < 1.29 is 19.1 Å². The van der Waals surface area contributed by atoms with Gasteiger partial charge < -0.3 is 14.5 Å². The number of aromatic nitrogens is 1. The van der Waals surface area contributed by atoms with Crippen LogP contribution < -0.4 is 14.9 Å². The van der Waals surface area contributed by atoms with Gasteiger partial charge in [0.2, 0.25) is 0 Å². The van der Waals surface area contributed by atoms with Crippen LogP contribution in [0, 0.1) is 0 Å². The molecule has 0 spiro atoms. The number of hydrogen-bond acceptors (Lipinski definition) is 5. The van der Waals surface area contributed by atoms with Crippen molar-refractivity contribution in [3.63, 3.8) is 0 Å². The first kappa shape index (κ1) is 27.8. The van der Waals surface area contributed by atoms with Gasteiger partial charge in [-0.2, -0.15) is 5.10 Å². The molecule has 0 atom stereocenters. The smallest absolute Gasteiger partial charge is 0.345 e. The van der Waals surface area contributed by atoms with Crippen molar-refractivity contribution >= 4 is 51.4 Å². The van der Waals surface area contributed by atoms with Gasteiger partial charge in [-0.3, -0.25) is 4.79 Å². The van der Waals surface area contributed by atoms with Crippen LogP contribution in [0.3, 0.4) is 0 Å². The van der Waals surface area contributed by atoms with Gasteiger partial charge in [0.05, 0.1) is 28.9 Å². The number of benzene rings is 5. The van der Waals surface area contributed by atoms with Crippen LogP contribution in [0.4, 0.5) is 0 Å². The van der Waals surface area contributed by atoms with E-state index >= 15 is 0 Å². The Balaban J connectivity index is 1.27. The first-order valence-corrected chi connectivity index (χ1v) is 14.1. The summed E-state index contributed by atoms with van der Waals surface area (Å²) in [5, 5.41) is 7.55. The number of nitrogens with one attached hydrogen (secondary N) is 2. The van der Waals surface area contributed by atoms with Gasteiger partial charge in [-0.1, -0.05) is 90.5 Å². The van der Waals surface area contributed by atoms with Crippen LogP contribution in [-0.2, 0) is 0 Å². The van der Waals surface area contributed by atoms with Gasteiger partial charge in [-0.05, 0) is 53.8 Å². The highest BCUT2D eigenvalue weighted by molar-refractivity contribution is 6.33. The fourth-order valence-corrected chi connectivity index (χ4v) is 5.19. The summed E-state index contributed by atoms with van der Waals surface area (Å²) in [5.74, 6) is -0.385. The second kappa shape index (κ2) is 12.2.